The predicted molar refractivity (Wildman–Crippen MR) is 81.1 cm³/mol. The number of carbonyl (C=O) groups excluding carboxylic acids is 1. The molecule has 0 rings (SSSR count). The monoisotopic (exact) mass is 271 g/mol. The molecule has 0 bridgehead atoms. The number of unbranched alkanes of at least 4 members (excludes halogenated alkanes) is 9. The van der Waals surface area contributed by atoms with Crippen LogP contribution in [0.4, 0.5) is 0 Å². The van der Waals surface area contributed by atoms with Gasteiger partial charge in [-0.25, -0.2) is 0 Å². The van der Waals surface area contributed by atoms with Crippen LogP contribution in [0, 0.1) is 0 Å². The molecular formula is C16H33NO2. The number of ether oxygens (including phenoxy) is 1. The van der Waals surface area contributed by atoms with Gasteiger partial charge in [0.2, 0.25) is 0 Å². The molecule has 2 N–H and O–H groups in total. The van der Waals surface area contributed by atoms with Crippen LogP contribution in [0.3, 0.4) is 0 Å². The van der Waals surface area contributed by atoms with Gasteiger partial charge in [0.25, 0.3) is 0 Å². The molecule has 0 saturated carbocycles. The fourth-order valence-corrected chi connectivity index (χ4v) is 2.08. The summed E-state index contributed by atoms with van der Waals surface area (Å²) < 4.78 is 5.20. The van der Waals surface area contributed by atoms with Crippen LogP contribution in [0.25, 0.3) is 0 Å². The summed E-state index contributed by atoms with van der Waals surface area (Å²) in [6.07, 6.45) is 13.7. The molecule has 0 aromatic carbocycles. The molecule has 0 aliphatic heterocycles. The van der Waals surface area contributed by atoms with Gasteiger partial charge in [-0.1, -0.05) is 58.3 Å². The van der Waals surface area contributed by atoms with E-state index in [0.717, 1.165) is 25.7 Å². The van der Waals surface area contributed by atoms with E-state index in [1.165, 1.54) is 44.9 Å². The molecular weight excluding hydrogens is 238 g/mol. The summed E-state index contributed by atoms with van der Waals surface area (Å²) in [6, 6.07) is 0. The summed E-state index contributed by atoms with van der Waals surface area (Å²) in [4.78, 5) is 11.4. The largest absolute Gasteiger partial charge is 0.466 e. The molecule has 0 spiro atoms. The third-order valence-electron chi connectivity index (χ3n) is 3.35. The summed E-state index contributed by atoms with van der Waals surface area (Å²) in [5, 5.41) is 0. The first kappa shape index (κ1) is 18.4. The molecule has 0 unspecified atom stereocenters. The number of hydrogen-bond acceptors (Lipinski definition) is 3. The second-order valence-electron chi connectivity index (χ2n) is 5.29. The second-order valence-corrected chi connectivity index (χ2v) is 5.29. The van der Waals surface area contributed by atoms with Crippen molar-refractivity contribution in [2.75, 3.05) is 13.2 Å². The van der Waals surface area contributed by atoms with Gasteiger partial charge in [-0.05, 0) is 25.8 Å². The Morgan fingerprint density at radius 1 is 0.842 bits per heavy atom. The Morgan fingerprint density at radius 2 is 1.42 bits per heavy atom. The van der Waals surface area contributed by atoms with Crippen LogP contribution in [0.5, 0.6) is 0 Å². The van der Waals surface area contributed by atoms with Gasteiger partial charge in [-0.15, -0.1) is 0 Å². The SMILES string of the molecule is CCCCCCCCCCOC(=O)CCCCCN. The summed E-state index contributed by atoms with van der Waals surface area (Å²) in [6.45, 7) is 3.56. The van der Waals surface area contributed by atoms with Gasteiger partial charge in [0.15, 0.2) is 0 Å². The highest BCUT2D eigenvalue weighted by Crippen LogP contribution is 2.08. The Hall–Kier alpha value is -0.570. The normalized spacial score (nSPS) is 10.6. The average Bonchev–Trinajstić information content (AvgIpc) is 2.42. The molecule has 0 saturated heterocycles. The van der Waals surface area contributed by atoms with Crippen molar-refractivity contribution in [1.29, 1.82) is 0 Å². The van der Waals surface area contributed by atoms with Crippen LogP contribution in [0.15, 0.2) is 0 Å². The molecule has 0 atom stereocenters. The predicted octanol–water partition coefficient (Wildman–Crippen LogP) is 4.19. The van der Waals surface area contributed by atoms with Gasteiger partial charge in [0, 0.05) is 6.42 Å². The van der Waals surface area contributed by atoms with Crippen molar-refractivity contribution in [3.63, 3.8) is 0 Å². The van der Waals surface area contributed by atoms with Gasteiger partial charge in [0.1, 0.15) is 0 Å². The van der Waals surface area contributed by atoms with E-state index in [0.29, 0.717) is 19.6 Å². The summed E-state index contributed by atoms with van der Waals surface area (Å²) in [5.74, 6) is -0.0417. The maximum atomic E-state index is 11.4. The van der Waals surface area contributed by atoms with E-state index < -0.39 is 0 Å². The molecule has 0 fully saturated rings. The van der Waals surface area contributed by atoms with Gasteiger partial charge in [-0.3, -0.25) is 4.79 Å². The lowest BCUT2D eigenvalue weighted by atomic mass is 10.1. The maximum Gasteiger partial charge on any atom is 0.305 e. The summed E-state index contributed by atoms with van der Waals surface area (Å²) >= 11 is 0. The van der Waals surface area contributed by atoms with Crippen LogP contribution in [-0.2, 0) is 9.53 Å². The third-order valence-corrected chi connectivity index (χ3v) is 3.35. The minimum Gasteiger partial charge on any atom is -0.466 e. The third kappa shape index (κ3) is 15.4. The smallest absolute Gasteiger partial charge is 0.305 e. The van der Waals surface area contributed by atoms with Gasteiger partial charge >= 0.3 is 5.97 Å². The molecule has 19 heavy (non-hydrogen) atoms. The molecule has 3 heteroatoms. The van der Waals surface area contributed by atoms with Crippen LogP contribution < -0.4 is 5.73 Å². The fourth-order valence-electron chi connectivity index (χ4n) is 2.08. The van der Waals surface area contributed by atoms with Crippen molar-refractivity contribution in [2.45, 2.75) is 84.0 Å². The molecule has 0 aromatic rings. The van der Waals surface area contributed by atoms with Crippen molar-refractivity contribution < 1.29 is 9.53 Å². The van der Waals surface area contributed by atoms with Crippen molar-refractivity contribution in [1.82, 2.24) is 0 Å². The average molecular weight is 271 g/mol. The zero-order chi connectivity index (χ0) is 14.2. The van der Waals surface area contributed by atoms with E-state index in [2.05, 4.69) is 6.92 Å². The molecule has 0 amide bonds. The van der Waals surface area contributed by atoms with Gasteiger partial charge in [-0.2, -0.15) is 0 Å². The Bertz CT molecular complexity index is 195. The van der Waals surface area contributed by atoms with Gasteiger partial charge < -0.3 is 10.5 Å². The minimum atomic E-state index is -0.0417. The van der Waals surface area contributed by atoms with Crippen LogP contribution >= 0.6 is 0 Å². The van der Waals surface area contributed by atoms with Crippen LogP contribution in [0.1, 0.15) is 84.0 Å². The summed E-state index contributed by atoms with van der Waals surface area (Å²) in [5.41, 5.74) is 5.39. The Balaban J connectivity index is 3.10. The Morgan fingerprint density at radius 3 is 2.05 bits per heavy atom. The topological polar surface area (TPSA) is 52.3 Å². The number of nitrogens with two attached hydrogens (primary N) is 1. The lowest BCUT2D eigenvalue weighted by molar-refractivity contribution is -0.143. The zero-order valence-corrected chi connectivity index (χ0v) is 12.8. The van der Waals surface area contributed by atoms with Crippen molar-refractivity contribution in [3.8, 4) is 0 Å². The van der Waals surface area contributed by atoms with Crippen LogP contribution in [-0.4, -0.2) is 19.1 Å². The highest BCUT2D eigenvalue weighted by atomic mass is 16.5. The Kier molecular flexibility index (Phi) is 15.0. The molecule has 0 heterocycles. The quantitative estimate of drug-likeness (QED) is 0.381. The first-order valence-corrected chi connectivity index (χ1v) is 8.17. The first-order chi connectivity index (χ1) is 9.31. The number of esters is 1. The molecule has 0 aliphatic carbocycles. The zero-order valence-electron chi connectivity index (χ0n) is 12.8. The van der Waals surface area contributed by atoms with E-state index in [9.17, 15) is 4.79 Å². The highest BCUT2D eigenvalue weighted by Gasteiger charge is 2.01. The number of carbonyl (C=O) groups is 1. The number of hydrogen-bond donors (Lipinski definition) is 1. The summed E-state index contributed by atoms with van der Waals surface area (Å²) in [7, 11) is 0. The van der Waals surface area contributed by atoms with Crippen molar-refractivity contribution in [2.24, 2.45) is 5.73 Å². The maximum absolute atomic E-state index is 11.4. The molecule has 0 radical (unpaired) electrons. The minimum absolute atomic E-state index is 0.0417. The lowest BCUT2D eigenvalue weighted by Gasteiger charge is -2.05. The molecule has 114 valence electrons. The Labute approximate surface area is 119 Å². The van der Waals surface area contributed by atoms with E-state index >= 15 is 0 Å². The number of rotatable bonds is 14. The van der Waals surface area contributed by atoms with E-state index in [-0.39, 0.29) is 5.97 Å². The van der Waals surface area contributed by atoms with E-state index in [1.807, 2.05) is 0 Å². The standard InChI is InChI=1S/C16H33NO2/c1-2-3-4-5-6-7-8-12-15-19-16(18)13-10-9-11-14-17/h2-15,17H2,1H3. The highest BCUT2D eigenvalue weighted by molar-refractivity contribution is 5.69. The van der Waals surface area contributed by atoms with E-state index in [4.69, 9.17) is 10.5 Å². The molecule has 3 nitrogen and oxygen atoms in total. The lowest BCUT2D eigenvalue weighted by Crippen LogP contribution is -2.06. The molecule has 0 aliphatic rings. The second kappa shape index (κ2) is 15.5. The van der Waals surface area contributed by atoms with Crippen molar-refractivity contribution in [3.05, 3.63) is 0 Å². The van der Waals surface area contributed by atoms with Crippen LogP contribution in [0.2, 0.25) is 0 Å². The fraction of sp³-hybridized carbons (Fsp3) is 0.938. The molecule has 0 aromatic heterocycles. The van der Waals surface area contributed by atoms with E-state index in [1.54, 1.807) is 0 Å². The van der Waals surface area contributed by atoms with Gasteiger partial charge in [0.05, 0.1) is 6.61 Å². The van der Waals surface area contributed by atoms with Crippen molar-refractivity contribution >= 4 is 5.97 Å². The first-order valence-electron chi connectivity index (χ1n) is 8.17.